The molecule has 0 bridgehead atoms. The highest BCUT2D eigenvalue weighted by atomic mass is 16.5. The van der Waals surface area contributed by atoms with E-state index >= 15 is 0 Å². The monoisotopic (exact) mass is 248 g/mol. The summed E-state index contributed by atoms with van der Waals surface area (Å²) >= 11 is 0. The van der Waals surface area contributed by atoms with Gasteiger partial charge in [-0.15, -0.1) is 10.2 Å². The van der Waals surface area contributed by atoms with Crippen molar-refractivity contribution in [3.8, 4) is 5.75 Å². The molecule has 0 aromatic carbocycles. The number of nitrogens with one attached hydrogen (secondary N) is 1. The first kappa shape index (κ1) is 12.4. The van der Waals surface area contributed by atoms with Gasteiger partial charge in [0.2, 0.25) is 0 Å². The Morgan fingerprint density at radius 3 is 2.94 bits per heavy atom. The molecule has 0 amide bonds. The molecule has 0 aliphatic rings. The predicted octanol–water partition coefficient (Wildman–Crippen LogP) is 0.117. The van der Waals surface area contributed by atoms with Gasteiger partial charge in [-0.25, -0.2) is 0 Å². The Labute approximate surface area is 105 Å². The molecule has 0 aliphatic heterocycles. The molecule has 2 rings (SSSR count). The van der Waals surface area contributed by atoms with Gasteiger partial charge < -0.3 is 10.1 Å². The van der Waals surface area contributed by atoms with Crippen LogP contribution in [0, 0.1) is 0 Å². The smallest absolute Gasteiger partial charge is 0.176 e. The number of hydrogen-bond donors (Lipinski definition) is 1. The molecule has 0 aliphatic carbocycles. The van der Waals surface area contributed by atoms with Crippen LogP contribution in [0.1, 0.15) is 17.4 Å². The molecule has 0 radical (unpaired) electrons. The maximum absolute atomic E-state index is 5.31. The van der Waals surface area contributed by atoms with Gasteiger partial charge in [0.15, 0.2) is 5.82 Å². The molecular weight excluding hydrogens is 232 g/mol. The lowest BCUT2D eigenvalue weighted by atomic mass is 10.0. The zero-order valence-corrected chi connectivity index (χ0v) is 10.7. The first-order valence-electron chi connectivity index (χ1n) is 5.62. The van der Waals surface area contributed by atoms with Crippen molar-refractivity contribution in [2.45, 2.75) is 12.5 Å². The highest BCUT2D eigenvalue weighted by Crippen LogP contribution is 2.25. The van der Waals surface area contributed by atoms with E-state index in [-0.39, 0.29) is 6.04 Å². The van der Waals surface area contributed by atoms with E-state index in [1.807, 2.05) is 13.1 Å². The van der Waals surface area contributed by atoms with Crippen LogP contribution < -0.4 is 10.1 Å². The molecule has 0 saturated heterocycles. The van der Waals surface area contributed by atoms with E-state index < -0.39 is 0 Å². The van der Waals surface area contributed by atoms with Crippen LogP contribution in [0.15, 0.2) is 18.5 Å². The summed E-state index contributed by atoms with van der Waals surface area (Å²) in [7, 11) is 5.27. The number of ether oxygens (including phenoxy) is 1. The number of nitrogens with zero attached hydrogens (tertiary/aromatic N) is 5. The highest BCUT2D eigenvalue weighted by Gasteiger charge is 2.17. The summed E-state index contributed by atoms with van der Waals surface area (Å²) < 4.78 is 5.31. The van der Waals surface area contributed by atoms with Crippen molar-refractivity contribution in [3.05, 3.63) is 29.8 Å². The third-order valence-electron chi connectivity index (χ3n) is 2.70. The van der Waals surface area contributed by atoms with E-state index in [1.54, 1.807) is 26.6 Å². The topological polar surface area (TPSA) is 77.8 Å². The molecule has 0 saturated carbocycles. The molecule has 18 heavy (non-hydrogen) atoms. The van der Waals surface area contributed by atoms with Crippen molar-refractivity contribution in [1.82, 2.24) is 30.5 Å². The molecule has 2 aromatic rings. The maximum atomic E-state index is 5.31. The van der Waals surface area contributed by atoms with Crippen LogP contribution in [0.2, 0.25) is 0 Å². The molecule has 7 heteroatoms. The minimum Gasteiger partial charge on any atom is -0.495 e. The summed E-state index contributed by atoms with van der Waals surface area (Å²) in [5, 5.41) is 15.2. The van der Waals surface area contributed by atoms with E-state index in [4.69, 9.17) is 4.74 Å². The van der Waals surface area contributed by atoms with Crippen LogP contribution in [0.4, 0.5) is 0 Å². The molecule has 2 heterocycles. The second-order valence-electron chi connectivity index (χ2n) is 3.86. The molecule has 2 aromatic heterocycles. The standard InChI is InChI=1S/C11H16N6O/c1-12-9(6-11-14-16-17(2)15-11)8-4-5-13-7-10(8)18-3/h4-5,7,9,12H,6H2,1-3H3. The van der Waals surface area contributed by atoms with Gasteiger partial charge in [0.05, 0.1) is 20.4 Å². The molecule has 1 atom stereocenters. The largest absolute Gasteiger partial charge is 0.495 e. The summed E-state index contributed by atoms with van der Waals surface area (Å²) in [5.74, 6) is 1.44. The summed E-state index contributed by atoms with van der Waals surface area (Å²) in [4.78, 5) is 5.49. The molecule has 0 spiro atoms. The quantitative estimate of drug-likeness (QED) is 0.809. The van der Waals surface area contributed by atoms with E-state index in [1.165, 1.54) is 4.80 Å². The summed E-state index contributed by atoms with van der Waals surface area (Å²) in [6.45, 7) is 0. The minimum absolute atomic E-state index is 0.0622. The van der Waals surface area contributed by atoms with Gasteiger partial charge in [-0.1, -0.05) is 0 Å². The van der Waals surface area contributed by atoms with E-state index in [0.717, 1.165) is 11.3 Å². The molecule has 96 valence electrons. The molecule has 0 fully saturated rings. The SMILES string of the molecule is CNC(Cc1nnn(C)n1)c1ccncc1OC. The third-order valence-corrected chi connectivity index (χ3v) is 2.70. The Morgan fingerprint density at radius 1 is 1.50 bits per heavy atom. The second-order valence-corrected chi connectivity index (χ2v) is 3.86. The van der Waals surface area contributed by atoms with Gasteiger partial charge in [0.25, 0.3) is 0 Å². The van der Waals surface area contributed by atoms with Gasteiger partial charge in [0, 0.05) is 24.2 Å². The van der Waals surface area contributed by atoms with Gasteiger partial charge in [0.1, 0.15) is 5.75 Å². The Bertz CT molecular complexity index is 512. The van der Waals surface area contributed by atoms with Gasteiger partial charge >= 0.3 is 0 Å². The van der Waals surface area contributed by atoms with Crippen molar-refractivity contribution >= 4 is 0 Å². The summed E-state index contributed by atoms with van der Waals surface area (Å²) in [6.07, 6.45) is 4.08. The van der Waals surface area contributed by atoms with Crippen molar-refractivity contribution in [2.75, 3.05) is 14.2 Å². The molecule has 7 nitrogen and oxygen atoms in total. The Kier molecular flexibility index (Phi) is 3.83. The second kappa shape index (κ2) is 5.54. The van der Waals surface area contributed by atoms with Crippen molar-refractivity contribution in [2.24, 2.45) is 7.05 Å². The van der Waals surface area contributed by atoms with Crippen LogP contribution in [0.3, 0.4) is 0 Å². The Morgan fingerprint density at radius 2 is 2.33 bits per heavy atom. The minimum atomic E-state index is 0.0622. The number of aromatic nitrogens is 5. The number of aryl methyl sites for hydroxylation is 1. The Balaban J connectivity index is 2.22. The first-order chi connectivity index (χ1) is 8.74. The number of tetrazole rings is 1. The summed E-state index contributed by atoms with van der Waals surface area (Å²) in [5.41, 5.74) is 1.03. The number of pyridine rings is 1. The summed E-state index contributed by atoms with van der Waals surface area (Å²) in [6, 6.07) is 1.99. The van der Waals surface area contributed by atoms with E-state index in [9.17, 15) is 0 Å². The van der Waals surface area contributed by atoms with Crippen LogP contribution in [-0.2, 0) is 13.5 Å². The molecule has 1 unspecified atom stereocenters. The number of likely N-dealkylation sites (N-methyl/N-ethyl adjacent to an activating group) is 1. The van der Waals surface area contributed by atoms with Crippen LogP contribution in [-0.4, -0.2) is 39.3 Å². The highest BCUT2D eigenvalue weighted by molar-refractivity contribution is 5.33. The third kappa shape index (κ3) is 2.62. The zero-order chi connectivity index (χ0) is 13.0. The van der Waals surface area contributed by atoms with E-state index in [2.05, 4.69) is 25.7 Å². The normalized spacial score (nSPS) is 12.4. The molecule has 1 N–H and O–H groups in total. The lowest BCUT2D eigenvalue weighted by Crippen LogP contribution is -2.20. The van der Waals surface area contributed by atoms with Crippen molar-refractivity contribution in [3.63, 3.8) is 0 Å². The maximum Gasteiger partial charge on any atom is 0.176 e. The lowest BCUT2D eigenvalue weighted by molar-refractivity contribution is 0.398. The first-order valence-corrected chi connectivity index (χ1v) is 5.62. The van der Waals surface area contributed by atoms with Crippen LogP contribution in [0.25, 0.3) is 0 Å². The number of methoxy groups -OCH3 is 1. The lowest BCUT2D eigenvalue weighted by Gasteiger charge is -2.17. The van der Waals surface area contributed by atoms with Crippen molar-refractivity contribution < 1.29 is 4.74 Å². The number of rotatable bonds is 5. The van der Waals surface area contributed by atoms with E-state index in [0.29, 0.717) is 12.2 Å². The van der Waals surface area contributed by atoms with Gasteiger partial charge in [-0.2, -0.15) is 4.80 Å². The van der Waals surface area contributed by atoms with Crippen molar-refractivity contribution in [1.29, 1.82) is 0 Å². The predicted molar refractivity (Wildman–Crippen MR) is 65.1 cm³/mol. The fraction of sp³-hybridized carbons (Fsp3) is 0.455. The van der Waals surface area contributed by atoms with Gasteiger partial charge in [-0.05, 0) is 18.3 Å². The zero-order valence-electron chi connectivity index (χ0n) is 10.7. The average Bonchev–Trinajstić information content (AvgIpc) is 2.81. The Hall–Kier alpha value is -2.02. The average molecular weight is 248 g/mol. The van der Waals surface area contributed by atoms with Crippen LogP contribution in [0.5, 0.6) is 5.75 Å². The van der Waals surface area contributed by atoms with Crippen LogP contribution >= 0.6 is 0 Å². The van der Waals surface area contributed by atoms with Gasteiger partial charge in [-0.3, -0.25) is 4.98 Å². The fourth-order valence-electron chi connectivity index (χ4n) is 1.80. The fourth-order valence-corrected chi connectivity index (χ4v) is 1.80. The number of hydrogen-bond acceptors (Lipinski definition) is 6. The molecular formula is C11H16N6O.